The van der Waals surface area contributed by atoms with E-state index in [0.29, 0.717) is 16.4 Å². The second kappa shape index (κ2) is 14.2. The average Bonchev–Trinajstić information content (AvgIpc) is 3.27. The first kappa shape index (κ1) is 31.7. The molecule has 216 valence electrons. The van der Waals surface area contributed by atoms with Crippen LogP contribution in [0.1, 0.15) is 61.7 Å². The molecule has 2 amide bonds. The number of carbonyl (C=O) groups is 2. The number of amides is 2. The molecule has 0 aliphatic heterocycles. The van der Waals surface area contributed by atoms with Gasteiger partial charge < -0.3 is 29.3 Å². The fourth-order valence-electron chi connectivity index (χ4n) is 4.91. The third-order valence-electron chi connectivity index (χ3n) is 6.86. The summed E-state index contributed by atoms with van der Waals surface area (Å²) in [6.45, 7) is 6.03. The van der Waals surface area contributed by atoms with E-state index in [9.17, 15) is 9.59 Å². The Kier molecular flexibility index (Phi) is 11.3. The number of carbonyl (C=O) groups excluding carboxylic acids is 2. The molecule has 0 saturated heterocycles. The van der Waals surface area contributed by atoms with Crippen molar-refractivity contribution >= 4 is 52.7 Å². The Morgan fingerprint density at radius 3 is 2.20 bits per heavy atom. The van der Waals surface area contributed by atoms with Crippen LogP contribution in [-0.2, 0) is 11.3 Å². The summed E-state index contributed by atoms with van der Waals surface area (Å²) in [5.74, 6) is 0.683. The highest BCUT2D eigenvalue weighted by molar-refractivity contribution is 7.21. The van der Waals surface area contributed by atoms with Crippen LogP contribution in [0.15, 0.2) is 48.5 Å². The van der Waals surface area contributed by atoms with Gasteiger partial charge in [-0.2, -0.15) is 0 Å². The van der Waals surface area contributed by atoms with Crippen LogP contribution < -0.4 is 4.74 Å². The van der Waals surface area contributed by atoms with E-state index in [-0.39, 0.29) is 24.1 Å². The van der Waals surface area contributed by atoms with Crippen molar-refractivity contribution in [1.29, 1.82) is 0 Å². The van der Waals surface area contributed by atoms with Gasteiger partial charge in [0.05, 0.1) is 12.1 Å². The van der Waals surface area contributed by atoms with Gasteiger partial charge in [0.2, 0.25) is 0 Å². The summed E-state index contributed by atoms with van der Waals surface area (Å²) < 4.78 is 12.1. The number of hydrogen-bond donors (Lipinski definition) is 2. The molecule has 11 heteroatoms. The zero-order valence-corrected chi connectivity index (χ0v) is 25.3. The highest BCUT2D eigenvalue weighted by Gasteiger charge is 2.35. The Morgan fingerprint density at radius 1 is 1.02 bits per heavy atom. The Bertz CT molecular complexity index is 1290. The first-order chi connectivity index (χ1) is 19.0. The van der Waals surface area contributed by atoms with Crippen molar-refractivity contribution in [3.63, 3.8) is 0 Å². The second-order valence-electron chi connectivity index (χ2n) is 10.7. The summed E-state index contributed by atoms with van der Waals surface area (Å²) in [6, 6.07) is 15.7. The summed E-state index contributed by atoms with van der Waals surface area (Å²) in [7, 11) is 2.69. The molecule has 2 aromatic carbocycles. The van der Waals surface area contributed by atoms with Crippen molar-refractivity contribution in [3.8, 4) is 5.75 Å². The van der Waals surface area contributed by atoms with Gasteiger partial charge in [0, 0.05) is 41.3 Å². The zero-order valence-electron chi connectivity index (χ0n) is 23.7. The molecule has 4 rings (SSSR count). The largest absolute Gasteiger partial charge is 0.496 e. The van der Waals surface area contributed by atoms with Gasteiger partial charge in [0.1, 0.15) is 16.2 Å². The normalized spacial score (nSPS) is 16.9. The molecule has 0 bridgehead atoms. The minimum Gasteiger partial charge on any atom is -0.496 e. The van der Waals surface area contributed by atoms with Crippen molar-refractivity contribution in [3.05, 3.63) is 64.0 Å². The number of benzene rings is 2. The summed E-state index contributed by atoms with van der Waals surface area (Å²) >= 11 is 8.16. The van der Waals surface area contributed by atoms with Crippen molar-refractivity contribution < 1.29 is 29.1 Å². The van der Waals surface area contributed by atoms with Crippen LogP contribution in [0, 0.1) is 0 Å². The van der Waals surface area contributed by atoms with Crippen molar-refractivity contribution in [2.24, 2.45) is 0 Å². The molecule has 1 aliphatic rings. The van der Waals surface area contributed by atoms with Crippen LogP contribution in [0.3, 0.4) is 0 Å². The van der Waals surface area contributed by atoms with E-state index in [4.69, 9.17) is 31.1 Å². The minimum absolute atomic E-state index is 0.0157. The van der Waals surface area contributed by atoms with Crippen LogP contribution in [0.25, 0.3) is 10.1 Å². The number of hydrogen-bond acceptors (Lipinski definition) is 7. The van der Waals surface area contributed by atoms with E-state index in [1.165, 1.54) is 11.3 Å². The maximum Gasteiger partial charge on any atom is 0.432 e. The highest BCUT2D eigenvalue weighted by Crippen LogP contribution is 2.38. The molecule has 0 radical (unpaired) electrons. The zero-order chi connectivity index (χ0) is 29.4. The van der Waals surface area contributed by atoms with E-state index in [1.807, 2.05) is 74.2 Å². The molecule has 40 heavy (non-hydrogen) atoms. The van der Waals surface area contributed by atoms with Gasteiger partial charge in [-0.3, -0.25) is 4.79 Å². The van der Waals surface area contributed by atoms with Crippen LogP contribution in [-0.4, -0.2) is 71.4 Å². The molecule has 2 N–H and O–H groups in total. The predicted molar refractivity (Wildman–Crippen MR) is 161 cm³/mol. The average molecular weight is 589 g/mol. The molecule has 1 aliphatic carbocycles. The number of fused-ring (bicyclic) bond motifs is 1. The number of nitrogens with zero attached hydrogens (tertiary/aromatic N) is 2. The van der Waals surface area contributed by atoms with Gasteiger partial charge >= 0.3 is 13.8 Å². The molecule has 1 saturated carbocycles. The van der Waals surface area contributed by atoms with Gasteiger partial charge in [0.25, 0.3) is 5.91 Å². The van der Waals surface area contributed by atoms with E-state index in [0.717, 1.165) is 47.1 Å². The van der Waals surface area contributed by atoms with E-state index in [2.05, 4.69) is 0 Å². The van der Waals surface area contributed by atoms with E-state index >= 15 is 0 Å². The minimum atomic E-state index is -0.750. The van der Waals surface area contributed by atoms with Gasteiger partial charge in [-0.25, -0.2) is 4.79 Å². The van der Waals surface area contributed by atoms with Crippen molar-refractivity contribution in [1.82, 2.24) is 9.80 Å². The van der Waals surface area contributed by atoms with Crippen molar-refractivity contribution in [2.45, 2.75) is 70.7 Å². The first-order valence-corrected chi connectivity index (χ1v) is 14.5. The molecule has 0 atom stereocenters. The van der Waals surface area contributed by atoms with Crippen molar-refractivity contribution in [2.75, 3.05) is 14.2 Å². The smallest absolute Gasteiger partial charge is 0.432 e. The lowest BCUT2D eigenvalue weighted by Gasteiger charge is -2.40. The number of ether oxygens (including phenoxy) is 2. The summed E-state index contributed by atoms with van der Waals surface area (Å²) in [6.07, 6.45) is 2.82. The predicted octanol–water partition coefficient (Wildman–Crippen LogP) is 5.62. The Hall–Kier alpha value is -2.79. The third kappa shape index (κ3) is 7.91. The SMILES string of the molecule is COc1ccccc1CN(C(=O)c1sc2ccccc2c1Cl)C1CCC(N(C)C(=O)OC(C)(C)C)CC1.OBO. The monoisotopic (exact) mass is 588 g/mol. The molecule has 3 aromatic rings. The fraction of sp³-hybridized carbons (Fsp3) is 0.448. The Morgan fingerprint density at radius 2 is 1.60 bits per heavy atom. The lowest BCUT2D eigenvalue weighted by molar-refractivity contribution is 0.0144. The maximum absolute atomic E-state index is 14.0. The number of methoxy groups -OCH3 is 1. The Balaban J connectivity index is 0.00000141. The molecule has 0 unspecified atom stereocenters. The Labute approximate surface area is 245 Å². The molecular weight excluding hydrogens is 551 g/mol. The second-order valence-corrected chi connectivity index (χ2v) is 12.1. The van der Waals surface area contributed by atoms with Crippen LogP contribution in [0.4, 0.5) is 4.79 Å². The standard InChI is InChI=1S/C29H35ClN2O4S.BH3O2/c1-29(2,3)36-28(34)31(4)20-14-16-21(17-15-20)32(18-19-10-6-8-12-23(19)35-5)27(33)26-25(30)22-11-7-9-13-24(22)37-26;2-1-3/h6-13,20-21H,14-18H2,1-5H3;1-3H. The van der Waals surface area contributed by atoms with Gasteiger partial charge in [-0.1, -0.05) is 48.0 Å². The third-order valence-corrected chi connectivity index (χ3v) is 8.52. The molecule has 1 aromatic heterocycles. The van der Waals surface area contributed by atoms with Gasteiger partial charge in [-0.15, -0.1) is 11.3 Å². The summed E-state index contributed by atoms with van der Waals surface area (Å²) in [5, 5.41) is 15.7. The lowest BCUT2D eigenvalue weighted by atomic mass is 9.89. The fourth-order valence-corrected chi connectivity index (χ4v) is 6.37. The number of para-hydroxylation sites is 1. The molecule has 1 fully saturated rings. The molecule has 8 nitrogen and oxygen atoms in total. The highest BCUT2D eigenvalue weighted by atomic mass is 35.5. The van der Waals surface area contributed by atoms with E-state index in [1.54, 1.807) is 19.1 Å². The number of thiophene rings is 1. The van der Waals surface area contributed by atoms with Crippen LogP contribution >= 0.6 is 22.9 Å². The molecule has 0 spiro atoms. The topological polar surface area (TPSA) is 99.5 Å². The lowest BCUT2D eigenvalue weighted by Crippen LogP contribution is -2.47. The van der Waals surface area contributed by atoms with E-state index < -0.39 is 13.3 Å². The van der Waals surface area contributed by atoms with Crippen LogP contribution in [0.2, 0.25) is 5.02 Å². The van der Waals surface area contributed by atoms with Gasteiger partial charge in [-0.05, 0) is 58.6 Å². The summed E-state index contributed by atoms with van der Waals surface area (Å²) in [5.41, 5.74) is 0.410. The molecular formula is C29H38BClN2O6S. The van der Waals surface area contributed by atoms with Crippen LogP contribution in [0.5, 0.6) is 5.75 Å². The number of halogens is 1. The first-order valence-electron chi connectivity index (χ1n) is 13.3. The maximum atomic E-state index is 14.0. The molecule has 1 heterocycles. The quantitative estimate of drug-likeness (QED) is 0.363. The summed E-state index contributed by atoms with van der Waals surface area (Å²) in [4.78, 5) is 30.9. The number of rotatable bonds is 6. The van der Waals surface area contributed by atoms with Gasteiger partial charge in [0.15, 0.2) is 0 Å².